The van der Waals surface area contributed by atoms with Crippen LogP contribution in [0.4, 0.5) is 0 Å². The van der Waals surface area contributed by atoms with Gasteiger partial charge < -0.3 is 10.4 Å². The number of hydrogen-bond donors (Lipinski definition) is 2. The maximum absolute atomic E-state index is 11.2. The van der Waals surface area contributed by atoms with Gasteiger partial charge in [0.05, 0.1) is 12.2 Å². The number of hydrogen-bond acceptors (Lipinski definition) is 5. The van der Waals surface area contributed by atoms with E-state index < -0.39 is 0 Å². The highest BCUT2D eigenvalue weighted by molar-refractivity contribution is 5.77. The summed E-state index contributed by atoms with van der Waals surface area (Å²) in [6.07, 6.45) is 3.06. The predicted octanol–water partition coefficient (Wildman–Crippen LogP) is 0.0222. The van der Waals surface area contributed by atoms with E-state index in [0.717, 1.165) is 0 Å². The maximum Gasteiger partial charge on any atom is 0.255 e. The van der Waals surface area contributed by atoms with Gasteiger partial charge in [-0.05, 0) is 0 Å². The van der Waals surface area contributed by atoms with Crippen LogP contribution in [0.3, 0.4) is 0 Å². The van der Waals surface area contributed by atoms with Crippen molar-refractivity contribution in [2.75, 3.05) is 0 Å². The first-order valence-corrected chi connectivity index (χ1v) is 4.97. The van der Waals surface area contributed by atoms with Crippen LogP contribution in [0.15, 0.2) is 25.0 Å². The highest BCUT2D eigenvalue weighted by Gasteiger charge is 2.06. The molecule has 0 aliphatic rings. The second-order valence-electron chi connectivity index (χ2n) is 3.35. The third-order valence-corrected chi connectivity index (χ3v) is 2.08. The molecule has 1 amide bonds. The molecule has 0 spiro atoms. The zero-order valence-electron chi connectivity index (χ0n) is 9.00. The van der Waals surface area contributed by atoms with E-state index in [2.05, 4.69) is 27.0 Å². The van der Waals surface area contributed by atoms with Gasteiger partial charge in [0, 0.05) is 12.5 Å². The van der Waals surface area contributed by atoms with Crippen LogP contribution in [0.25, 0.3) is 5.78 Å². The summed E-state index contributed by atoms with van der Waals surface area (Å²) >= 11 is 0. The Morgan fingerprint density at radius 1 is 1.65 bits per heavy atom. The largest absolute Gasteiger partial charge is 0.493 e. The molecule has 0 fully saturated rings. The molecule has 2 heterocycles. The zero-order chi connectivity index (χ0) is 12.3. The molecule has 2 aromatic rings. The van der Waals surface area contributed by atoms with Crippen molar-refractivity contribution in [2.45, 2.75) is 13.0 Å². The molecule has 0 saturated carbocycles. The fourth-order valence-corrected chi connectivity index (χ4v) is 1.33. The van der Waals surface area contributed by atoms with E-state index in [9.17, 15) is 9.90 Å². The van der Waals surface area contributed by atoms with Crippen LogP contribution in [-0.2, 0) is 11.3 Å². The van der Waals surface area contributed by atoms with Crippen molar-refractivity contribution in [3.63, 3.8) is 0 Å². The molecule has 0 bridgehead atoms. The van der Waals surface area contributed by atoms with Crippen molar-refractivity contribution in [3.8, 4) is 5.88 Å². The van der Waals surface area contributed by atoms with Gasteiger partial charge in [0.25, 0.3) is 5.78 Å². The molecule has 2 aromatic heterocycles. The fraction of sp³-hybridized carbons (Fsp3) is 0.200. The number of rotatable bonds is 4. The van der Waals surface area contributed by atoms with Crippen molar-refractivity contribution in [1.29, 1.82) is 0 Å². The van der Waals surface area contributed by atoms with Crippen molar-refractivity contribution in [1.82, 2.24) is 24.9 Å². The second kappa shape index (κ2) is 4.60. The average Bonchev–Trinajstić information content (AvgIpc) is 2.75. The predicted molar refractivity (Wildman–Crippen MR) is 59.1 cm³/mol. The molecule has 88 valence electrons. The van der Waals surface area contributed by atoms with Crippen molar-refractivity contribution >= 4 is 11.7 Å². The van der Waals surface area contributed by atoms with Gasteiger partial charge in [-0.2, -0.15) is 14.6 Å². The molecule has 7 nitrogen and oxygen atoms in total. The van der Waals surface area contributed by atoms with Gasteiger partial charge in [-0.3, -0.25) is 4.79 Å². The number of carbonyl (C=O) groups excluding carboxylic acids is 1. The monoisotopic (exact) mass is 233 g/mol. The molecular formula is C10H11N5O2. The Labute approximate surface area is 96.8 Å². The minimum Gasteiger partial charge on any atom is -0.493 e. The van der Waals surface area contributed by atoms with Crippen LogP contribution in [0.2, 0.25) is 0 Å². The summed E-state index contributed by atoms with van der Waals surface area (Å²) in [5, 5.41) is 16.0. The van der Waals surface area contributed by atoms with Gasteiger partial charge in [0.2, 0.25) is 11.8 Å². The first-order chi connectivity index (χ1) is 8.20. The summed E-state index contributed by atoms with van der Waals surface area (Å²) in [6, 6.07) is 1.43. The quantitative estimate of drug-likeness (QED) is 0.726. The molecule has 0 atom stereocenters. The van der Waals surface area contributed by atoms with E-state index in [0.29, 0.717) is 5.69 Å². The number of fused-ring (bicyclic) bond motifs is 1. The van der Waals surface area contributed by atoms with Crippen LogP contribution < -0.4 is 5.32 Å². The van der Waals surface area contributed by atoms with Crippen molar-refractivity contribution in [2.24, 2.45) is 0 Å². The molecule has 0 unspecified atom stereocenters. The van der Waals surface area contributed by atoms with E-state index in [4.69, 9.17) is 0 Å². The zero-order valence-corrected chi connectivity index (χ0v) is 9.00. The molecule has 7 heteroatoms. The number of nitrogens with zero attached hydrogens (tertiary/aromatic N) is 4. The van der Waals surface area contributed by atoms with Crippen LogP contribution in [0.1, 0.15) is 12.1 Å². The summed E-state index contributed by atoms with van der Waals surface area (Å²) in [4.78, 5) is 19.2. The van der Waals surface area contributed by atoms with E-state index in [-0.39, 0.29) is 30.5 Å². The van der Waals surface area contributed by atoms with Gasteiger partial charge in [0.1, 0.15) is 6.33 Å². The Bertz CT molecular complexity index is 563. The fourth-order valence-electron chi connectivity index (χ4n) is 1.33. The van der Waals surface area contributed by atoms with Crippen molar-refractivity contribution in [3.05, 3.63) is 30.7 Å². The molecule has 0 radical (unpaired) electrons. The van der Waals surface area contributed by atoms with Crippen LogP contribution in [0.5, 0.6) is 5.88 Å². The van der Waals surface area contributed by atoms with E-state index in [1.165, 1.54) is 23.0 Å². The van der Waals surface area contributed by atoms with Gasteiger partial charge in [-0.1, -0.05) is 6.08 Å². The lowest BCUT2D eigenvalue weighted by Crippen LogP contribution is -2.22. The number of nitrogens with one attached hydrogen (secondary N) is 1. The summed E-state index contributed by atoms with van der Waals surface area (Å²) < 4.78 is 1.20. The molecule has 2 N–H and O–H groups in total. The molecular weight excluding hydrogens is 222 g/mol. The molecule has 0 aliphatic heterocycles. The molecule has 0 aliphatic carbocycles. The topological polar surface area (TPSA) is 92.4 Å². The second-order valence-corrected chi connectivity index (χ2v) is 3.35. The minimum atomic E-state index is -0.150. The van der Waals surface area contributed by atoms with Crippen LogP contribution in [0, 0.1) is 0 Å². The lowest BCUT2D eigenvalue weighted by Gasteiger charge is -2.04. The summed E-state index contributed by atoms with van der Waals surface area (Å²) in [7, 11) is 0. The lowest BCUT2D eigenvalue weighted by atomic mass is 10.3. The molecule has 17 heavy (non-hydrogen) atoms. The van der Waals surface area contributed by atoms with Gasteiger partial charge in [0.15, 0.2) is 0 Å². The molecule has 0 aromatic carbocycles. The van der Waals surface area contributed by atoms with Crippen molar-refractivity contribution < 1.29 is 9.90 Å². The summed E-state index contributed by atoms with van der Waals surface area (Å²) in [5.41, 5.74) is 0.514. The van der Waals surface area contributed by atoms with Gasteiger partial charge in [-0.25, -0.2) is 4.98 Å². The standard InChI is InChI=1S/C10H11N5O2/c1-2-3-8(16)11-5-7-4-9(17)15-10(14-7)12-6-13-15/h2,4,6,17H,1,3,5H2,(H,11,16). The maximum atomic E-state index is 11.2. The minimum absolute atomic E-state index is 0.0690. The average molecular weight is 233 g/mol. The lowest BCUT2D eigenvalue weighted by molar-refractivity contribution is -0.120. The Hall–Kier alpha value is -2.44. The highest BCUT2D eigenvalue weighted by Crippen LogP contribution is 2.10. The van der Waals surface area contributed by atoms with Gasteiger partial charge >= 0.3 is 0 Å². The first-order valence-electron chi connectivity index (χ1n) is 4.97. The van der Waals surface area contributed by atoms with E-state index >= 15 is 0 Å². The van der Waals surface area contributed by atoms with E-state index in [1.54, 1.807) is 0 Å². The van der Waals surface area contributed by atoms with E-state index in [1.807, 2.05) is 0 Å². The highest BCUT2D eigenvalue weighted by atomic mass is 16.3. The Kier molecular flexibility index (Phi) is 2.99. The molecule has 2 rings (SSSR count). The third kappa shape index (κ3) is 2.39. The number of amides is 1. The third-order valence-electron chi connectivity index (χ3n) is 2.08. The van der Waals surface area contributed by atoms with Gasteiger partial charge in [-0.15, -0.1) is 6.58 Å². The molecule has 0 saturated heterocycles. The Morgan fingerprint density at radius 2 is 2.47 bits per heavy atom. The number of carbonyl (C=O) groups is 1. The Morgan fingerprint density at radius 3 is 3.24 bits per heavy atom. The van der Waals surface area contributed by atoms with Crippen LogP contribution >= 0.6 is 0 Å². The smallest absolute Gasteiger partial charge is 0.255 e. The summed E-state index contributed by atoms with van der Waals surface area (Å²) in [6.45, 7) is 3.69. The Balaban J connectivity index is 2.13. The first kappa shape index (κ1) is 11.1. The SMILES string of the molecule is C=CCC(=O)NCc1cc(O)n2ncnc2n1. The number of aromatic nitrogens is 4. The van der Waals surface area contributed by atoms with Crippen LogP contribution in [-0.4, -0.2) is 30.6 Å². The number of aromatic hydroxyl groups is 1. The normalized spacial score (nSPS) is 10.4. The summed E-state index contributed by atoms with van der Waals surface area (Å²) in [5.74, 6) is 0.0704.